The molecule has 1 aliphatic heterocycles. The molecular weight excluding hydrogens is 190 g/mol. The highest BCUT2D eigenvalue weighted by molar-refractivity contribution is 5.61. The van der Waals surface area contributed by atoms with Crippen LogP contribution in [0, 0.1) is 0 Å². The van der Waals surface area contributed by atoms with Crippen LogP contribution in [0.25, 0.3) is 0 Å². The molecule has 4 nitrogen and oxygen atoms in total. The van der Waals surface area contributed by atoms with Crippen LogP contribution in [0.4, 0.5) is 5.69 Å². The van der Waals surface area contributed by atoms with Gasteiger partial charge in [-0.1, -0.05) is 0 Å². The number of anilines is 1. The molecule has 80 valence electrons. The van der Waals surface area contributed by atoms with Gasteiger partial charge in [-0.15, -0.1) is 0 Å². The zero-order chi connectivity index (χ0) is 10.5. The number of nitrogens with zero attached hydrogens (tertiary/aromatic N) is 2. The van der Waals surface area contributed by atoms with Crippen molar-refractivity contribution in [3.05, 3.63) is 24.0 Å². The average Bonchev–Trinajstić information content (AvgIpc) is 2.31. The molecule has 0 atom stereocenters. The number of hydrogen-bond donors (Lipinski definition) is 1. The third kappa shape index (κ3) is 2.33. The van der Waals surface area contributed by atoms with Crippen molar-refractivity contribution in [3.8, 4) is 0 Å². The Morgan fingerprint density at radius 3 is 3.00 bits per heavy atom. The van der Waals surface area contributed by atoms with Crippen molar-refractivity contribution in [3.63, 3.8) is 0 Å². The molecule has 1 N–H and O–H groups in total. The van der Waals surface area contributed by atoms with Gasteiger partial charge in [-0.05, 0) is 12.1 Å². The van der Waals surface area contributed by atoms with Crippen molar-refractivity contribution >= 4 is 12.0 Å². The molecule has 2 rings (SSSR count). The summed E-state index contributed by atoms with van der Waals surface area (Å²) in [6, 6.07) is 3.96. The van der Waals surface area contributed by atoms with E-state index in [9.17, 15) is 4.79 Å². The van der Waals surface area contributed by atoms with Crippen molar-refractivity contribution in [1.29, 1.82) is 0 Å². The summed E-state index contributed by atoms with van der Waals surface area (Å²) in [6.45, 7) is 3.96. The molecule has 0 spiro atoms. The molecule has 0 amide bonds. The van der Waals surface area contributed by atoms with E-state index in [1.807, 2.05) is 12.1 Å². The van der Waals surface area contributed by atoms with E-state index in [4.69, 9.17) is 0 Å². The lowest BCUT2D eigenvalue weighted by Gasteiger charge is -2.30. The topological polar surface area (TPSA) is 45.2 Å². The van der Waals surface area contributed by atoms with Crippen LogP contribution in [0.15, 0.2) is 18.3 Å². The van der Waals surface area contributed by atoms with E-state index < -0.39 is 0 Å². The molecule has 0 aromatic carbocycles. The molecule has 1 aromatic heterocycles. The maximum absolute atomic E-state index is 10.5. The second kappa shape index (κ2) is 4.89. The highest BCUT2D eigenvalue weighted by Crippen LogP contribution is 2.18. The van der Waals surface area contributed by atoms with E-state index in [0.717, 1.165) is 43.8 Å². The van der Waals surface area contributed by atoms with Gasteiger partial charge in [0.1, 0.15) is 6.29 Å². The fourth-order valence-electron chi connectivity index (χ4n) is 1.86. The molecule has 15 heavy (non-hydrogen) atoms. The minimum Gasteiger partial charge on any atom is -0.368 e. The van der Waals surface area contributed by atoms with Gasteiger partial charge < -0.3 is 15.0 Å². The van der Waals surface area contributed by atoms with Gasteiger partial charge in [-0.25, -0.2) is 0 Å². The monoisotopic (exact) mass is 205 g/mol. The zero-order valence-electron chi connectivity index (χ0n) is 8.65. The number of hydrogen-bond acceptors (Lipinski definition) is 4. The summed E-state index contributed by atoms with van der Waals surface area (Å²) in [5, 5.41) is 3.30. The summed E-state index contributed by atoms with van der Waals surface area (Å²) < 4.78 is 0. The molecule has 0 saturated carbocycles. The summed E-state index contributed by atoms with van der Waals surface area (Å²) in [5.41, 5.74) is 1.99. The Morgan fingerprint density at radius 2 is 2.27 bits per heavy atom. The van der Waals surface area contributed by atoms with Crippen LogP contribution in [0.3, 0.4) is 0 Å². The Kier molecular flexibility index (Phi) is 3.29. The lowest BCUT2D eigenvalue weighted by atomic mass is 10.2. The van der Waals surface area contributed by atoms with E-state index >= 15 is 0 Å². The molecule has 0 aliphatic carbocycles. The van der Waals surface area contributed by atoms with Crippen LogP contribution in [0.5, 0.6) is 0 Å². The Labute approximate surface area is 89.3 Å². The largest absolute Gasteiger partial charge is 0.368 e. The first kappa shape index (κ1) is 10.1. The smallest absolute Gasteiger partial charge is 0.126 e. The minimum atomic E-state index is 0.403. The second-order valence-corrected chi connectivity index (χ2v) is 3.58. The lowest BCUT2D eigenvalue weighted by Crippen LogP contribution is -2.44. The first-order chi connectivity index (χ1) is 7.42. The van der Waals surface area contributed by atoms with Crippen molar-refractivity contribution in [1.82, 2.24) is 10.3 Å². The molecule has 1 saturated heterocycles. The van der Waals surface area contributed by atoms with Gasteiger partial charge >= 0.3 is 0 Å². The maximum Gasteiger partial charge on any atom is 0.126 e. The first-order valence-electron chi connectivity index (χ1n) is 5.25. The van der Waals surface area contributed by atoms with Crippen LogP contribution in [-0.4, -0.2) is 37.4 Å². The van der Waals surface area contributed by atoms with E-state index in [1.165, 1.54) is 0 Å². The van der Waals surface area contributed by atoms with Gasteiger partial charge in [0.15, 0.2) is 0 Å². The number of pyridine rings is 1. The SMILES string of the molecule is O=CCc1ncccc1N1CCNCC1. The minimum absolute atomic E-state index is 0.403. The normalized spacial score (nSPS) is 16.4. The van der Waals surface area contributed by atoms with Crippen molar-refractivity contribution in [2.75, 3.05) is 31.1 Å². The van der Waals surface area contributed by atoms with E-state index in [1.54, 1.807) is 6.20 Å². The van der Waals surface area contributed by atoms with Crippen LogP contribution in [0.2, 0.25) is 0 Å². The fraction of sp³-hybridized carbons (Fsp3) is 0.455. The standard InChI is InChI=1S/C11H15N3O/c15-9-3-10-11(2-1-4-13-10)14-7-5-12-6-8-14/h1-2,4,9,12H,3,5-8H2. The average molecular weight is 205 g/mol. The predicted molar refractivity (Wildman–Crippen MR) is 59.1 cm³/mol. The summed E-state index contributed by atoms with van der Waals surface area (Å²) in [7, 11) is 0. The molecular formula is C11H15N3O. The van der Waals surface area contributed by atoms with Gasteiger partial charge in [0.25, 0.3) is 0 Å². The van der Waals surface area contributed by atoms with Gasteiger partial charge in [-0.3, -0.25) is 4.98 Å². The lowest BCUT2D eigenvalue weighted by molar-refractivity contribution is -0.107. The number of aromatic nitrogens is 1. The van der Waals surface area contributed by atoms with Gasteiger partial charge in [0.2, 0.25) is 0 Å². The molecule has 0 radical (unpaired) electrons. The number of nitrogens with one attached hydrogen (secondary N) is 1. The summed E-state index contributed by atoms with van der Waals surface area (Å²) in [4.78, 5) is 17.1. The van der Waals surface area contributed by atoms with Crippen LogP contribution >= 0.6 is 0 Å². The number of aldehydes is 1. The quantitative estimate of drug-likeness (QED) is 0.718. The van der Waals surface area contributed by atoms with Crippen LogP contribution < -0.4 is 10.2 Å². The Bertz CT molecular complexity index is 334. The second-order valence-electron chi connectivity index (χ2n) is 3.58. The number of rotatable bonds is 3. The highest BCUT2D eigenvalue weighted by atomic mass is 16.1. The number of piperazine rings is 1. The molecule has 1 aliphatic rings. The molecule has 0 unspecified atom stereocenters. The van der Waals surface area contributed by atoms with Crippen LogP contribution in [0.1, 0.15) is 5.69 Å². The van der Waals surface area contributed by atoms with Crippen molar-refractivity contribution < 1.29 is 4.79 Å². The van der Waals surface area contributed by atoms with Crippen molar-refractivity contribution in [2.45, 2.75) is 6.42 Å². The molecule has 4 heteroatoms. The summed E-state index contributed by atoms with van der Waals surface area (Å²) in [6.07, 6.45) is 3.05. The summed E-state index contributed by atoms with van der Waals surface area (Å²) in [5.74, 6) is 0. The zero-order valence-corrected chi connectivity index (χ0v) is 8.65. The third-order valence-corrected chi connectivity index (χ3v) is 2.60. The Morgan fingerprint density at radius 1 is 1.47 bits per heavy atom. The number of carbonyl (C=O) groups is 1. The van der Waals surface area contributed by atoms with E-state index in [2.05, 4.69) is 15.2 Å². The number of carbonyl (C=O) groups excluding carboxylic acids is 1. The van der Waals surface area contributed by atoms with Gasteiger partial charge in [0, 0.05) is 38.8 Å². The summed E-state index contributed by atoms with van der Waals surface area (Å²) >= 11 is 0. The first-order valence-corrected chi connectivity index (χ1v) is 5.25. The highest BCUT2D eigenvalue weighted by Gasteiger charge is 2.13. The maximum atomic E-state index is 10.5. The van der Waals surface area contributed by atoms with E-state index in [0.29, 0.717) is 6.42 Å². The molecule has 0 bridgehead atoms. The third-order valence-electron chi connectivity index (χ3n) is 2.60. The Balaban J connectivity index is 2.20. The molecule has 2 heterocycles. The van der Waals surface area contributed by atoms with E-state index in [-0.39, 0.29) is 0 Å². The predicted octanol–water partition coefficient (Wildman–Crippen LogP) is 0.233. The van der Waals surface area contributed by atoms with Gasteiger partial charge in [-0.2, -0.15) is 0 Å². The molecule has 1 aromatic rings. The van der Waals surface area contributed by atoms with Crippen LogP contribution in [-0.2, 0) is 11.2 Å². The Hall–Kier alpha value is -1.42. The van der Waals surface area contributed by atoms with Gasteiger partial charge in [0.05, 0.1) is 11.4 Å². The van der Waals surface area contributed by atoms with Crippen molar-refractivity contribution in [2.24, 2.45) is 0 Å². The fourth-order valence-corrected chi connectivity index (χ4v) is 1.86. The molecule has 1 fully saturated rings.